The maximum atomic E-state index is 12.6. The lowest BCUT2D eigenvalue weighted by Crippen LogP contribution is -2.52. The van der Waals surface area contributed by atoms with Crippen molar-refractivity contribution in [2.45, 2.75) is 20.4 Å². The molecular formula is C18H25N3O5S. The van der Waals surface area contributed by atoms with Crippen LogP contribution in [0.25, 0.3) is 11.0 Å². The number of piperazine rings is 1. The first-order chi connectivity index (χ1) is 12.8. The number of hydrogen-bond donors (Lipinski definition) is 1. The molecule has 1 aliphatic rings. The summed E-state index contributed by atoms with van der Waals surface area (Å²) in [7, 11) is -3.42. The van der Waals surface area contributed by atoms with Crippen LogP contribution in [0.2, 0.25) is 0 Å². The van der Waals surface area contributed by atoms with E-state index >= 15 is 0 Å². The molecule has 8 nitrogen and oxygen atoms in total. The van der Waals surface area contributed by atoms with E-state index in [2.05, 4.69) is 4.90 Å². The lowest BCUT2D eigenvalue weighted by Gasteiger charge is -2.36. The van der Waals surface area contributed by atoms with Gasteiger partial charge in [-0.05, 0) is 17.7 Å². The fraction of sp³-hybridized carbons (Fsp3) is 0.500. The molecule has 2 aromatic rings. The first-order valence-corrected chi connectivity index (χ1v) is 10.5. The van der Waals surface area contributed by atoms with Crippen LogP contribution in [0.1, 0.15) is 19.4 Å². The van der Waals surface area contributed by atoms with Gasteiger partial charge in [0.2, 0.25) is 0 Å². The average molecular weight is 395 g/mol. The Balaban J connectivity index is 1.73. The Hall–Kier alpha value is -1.94. The van der Waals surface area contributed by atoms with Gasteiger partial charge in [-0.1, -0.05) is 13.8 Å². The Morgan fingerprint density at radius 2 is 1.78 bits per heavy atom. The van der Waals surface area contributed by atoms with E-state index in [0.717, 1.165) is 10.9 Å². The first kappa shape index (κ1) is 19.8. The van der Waals surface area contributed by atoms with E-state index in [9.17, 15) is 18.3 Å². The van der Waals surface area contributed by atoms with E-state index < -0.39 is 15.8 Å². The Morgan fingerprint density at radius 1 is 1.11 bits per heavy atom. The number of nitrogens with zero attached hydrogens (tertiary/aromatic N) is 3. The quantitative estimate of drug-likeness (QED) is 0.739. The molecule has 1 aromatic carbocycles. The number of phenolic OH excluding ortho intramolecular Hbond substituents is 1. The average Bonchev–Trinajstić information content (AvgIpc) is 2.62. The van der Waals surface area contributed by atoms with E-state index in [1.807, 2.05) is 13.8 Å². The van der Waals surface area contributed by atoms with Crippen LogP contribution in [0.5, 0.6) is 5.75 Å². The predicted octanol–water partition coefficient (Wildman–Crippen LogP) is 1.20. The van der Waals surface area contributed by atoms with E-state index in [4.69, 9.17) is 4.42 Å². The molecule has 9 heteroatoms. The third kappa shape index (κ3) is 4.16. The van der Waals surface area contributed by atoms with Gasteiger partial charge < -0.3 is 9.52 Å². The second-order valence-electron chi connectivity index (χ2n) is 6.54. The summed E-state index contributed by atoms with van der Waals surface area (Å²) in [6.45, 7) is 7.10. The lowest BCUT2D eigenvalue weighted by atomic mass is 10.1. The van der Waals surface area contributed by atoms with Gasteiger partial charge in [0.15, 0.2) is 0 Å². The summed E-state index contributed by atoms with van der Waals surface area (Å²) in [5.74, 6) is 0.0398. The molecule has 0 bridgehead atoms. The highest BCUT2D eigenvalue weighted by Crippen LogP contribution is 2.23. The molecule has 148 valence electrons. The maximum absolute atomic E-state index is 12.6. The second-order valence-corrected chi connectivity index (χ2v) is 8.47. The van der Waals surface area contributed by atoms with E-state index in [0.29, 0.717) is 51.4 Å². The molecule has 0 spiro atoms. The Labute approximate surface area is 158 Å². The summed E-state index contributed by atoms with van der Waals surface area (Å²) < 4.78 is 33.4. The fourth-order valence-electron chi connectivity index (χ4n) is 3.42. The van der Waals surface area contributed by atoms with Crippen LogP contribution in [0.4, 0.5) is 0 Å². The van der Waals surface area contributed by atoms with Crippen molar-refractivity contribution in [1.82, 2.24) is 13.5 Å². The van der Waals surface area contributed by atoms with Crippen LogP contribution in [-0.4, -0.2) is 66.3 Å². The van der Waals surface area contributed by atoms with Gasteiger partial charge in [-0.3, -0.25) is 4.90 Å². The molecule has 1 aromatic heterocycles. The number of fused-ring (bicyclic) bond motifs is 1. The third-order valence-electron chi connectivity index (χ3n) is 4.90. The van der Waals surface area contributed by atoms with Crippen molar-refractivity contribution < 1.29 is 17.9 Å². The van der Waals surface area contributed by atoms with Crippen molar-refractivity contribution in [1.29, 1.82) is 0 Å². The SMILES string of the molecule is CCN(CC)S(=O)(=O)N1CCN(Cc2cc(=O)oc3cc(O)ccc23)CC1. The zero-order valence-electron chi connectivity index (χ0n) is 15.6. The molecule has 2 heterocycles. The number of benzene rings is 1. The smallest absolute Gasteiger partial charge is 0.336 e. The van der Waals surface area contributed by atoms with Gasteiger partial charge in [0.25, 0.3) is 10.2 Å². The minimum absolute atomic E-state index is 0.0398. The number of rotatable bonds is 6. The normalized spacial score (nSPS) is 17.0. The van der Waals surface area contributed by atoms with Crippen LogP contribution in [0.3, 0.4) is 0 Å². The van der Waals surface area contributed by atoms with E-state index in [-0.39, 0.29) is 5.75 Å². The standard InChI is InChI=1S/C18H25N3O5S/c1-3-20(4-2)27(24,25)21-9-7-19(8-10-21)13-14-11-18(23)26-17-12-15(22)5-6-16(14)17/h5-6,11-12,22H,3-4,7-10,13H2,1-2H3. The van der Waals surface area contributed by atoms with E-state index in [1.54, 1.807) is 12.1 Å². The summed E-state index contributed by atoms with van der Waals surface area (Å²) in [6, 6.07) is 6.16. The first-order valence-electron chi connectivity index (χ1n) is 9.08. The summed E-state index contributed by atoms with van der Waals surface area (Å²) in [4.78, 5) is 13.9. The molecule has 3 rings (SSSR count). The van der Waals surface area contributed by atoms with Crippen molar-refractivity contribution >= 4 is 21.2 Å². The number of aromatic hydroxyl groups is 1. The van der Waals surface area contributed by atoms with Gasteiger partial charge in [0.1, 0.15) is 11.3 Å². The number of hydrogen-bond acceptors (Lipinski definition) is 6. The van der Waals surface area contributed by atoms with Crippen LogP contribution in [0, 0.1) is 0 Å². The summed E-state index contributed by atoms with van der Waals surface area (Å²) in [5.41, 5.74) is 0.687. The predicted molar refractivity (Wildman–Crippen MR) is 103 cm³/mol. The third-order valence-corrected chi connectivity index (χ3v) is 7.08. The van der Waals surface area contributed by atoms with Crippen LogP contribution >= 0.6 is 0 Å². The highest BCUT2D eigenvalue weighted by atomic mass is 32.2. The monoisotopic (exact) mass is 395 g/mol. The highest BCUT2D eigenvalue weighted by Gasteiger charge is 2.30. The van der Waals surface area contributed by atoms with Gasteiger partial charge >= 0.3 is 5.63 Å². The molecule has 1 N–H and O–H groups in total. The molecule has 0 unspecified atom stereocenters. The number of phenols is 1. The Morgan fingerprint density at radius 3 is 2.41 bits per heavy atom. The molecule has 0 saturated carbocycles. The molecule has 0 aliphatic carbocycles. The molecule has 1 fully saturated rings. The topological polar surface area (TPSA) is 94.3 Å². The van der Waals surface area contributed by atoms with Crippen LogP contribution in [-0.2, 0) is 16.8 Å². The van der Waals surface area contributed by atoms with Gasteiger partial charge in [0.05, 0.1) is 0 Å². The molecule has 0 amide bonds. The fourth-order valence-corrected chi connectivity index (χ4v) is 5.03. The molecule has 27 heavy (non-hydrogen) atoms. The zero-order chi connectivity index (χ0) is 19.6. The van der Waals surface area contributed by atoms with Gasteiger partial charge in [0, 0.05) is 63.3 Å². The van der Waals surface area contributed by atoms with Gasteiger partial charge in [-0.2, -0.15) is 17.0 Å². The van der Waals surface area contributed by atoms with Crippen LogP contribution in [0.15, 0.2) is 33.5 Å². The van der Waals surface area contributed by atoms with Gasteiger partial charge in [-0.25, -0.2) is 4.79 Å². The van der Waals surface area contributed by atoms with Crippen molar-refractivity contribution in [2.75, 3.05) is 39.3 Å². The molecule has 0 atom stereocenters. The molecule has 1 saturated heterocycles. The minimum Gasteiger partial charge on any atom is -0.508 e. The van der Waals surface area contributed by atoms with E-state index in [1.165, 1.54) is 20.7 Å². The molecular weight excluding hydrogens is 370 g/mol. The molecule has 1 aliphatic heterocycles. The second kappa shape index (κ2) is 7.97. The summed E-state index contributed by atoms with van der Waals surface area (Å²) >= 11 is 0. The highest BCUT2D eigenvalue weighted by molar-refractivity contribution is 7.86. The van der Waals surface area contributed by atoms with Gasteiger partial charge in [-0.15, -0.1) is 0 Å². The largest absolute Gasteiger partial charge is 0.508 e. The maximum Gasteiger partial charge on any atom is 0.336 e. The van der Waals surface area contributed by atoms with Crippen LogP contribution < -0.4 is 5.63 Å². The van der Waals surface area contributed by atoms with Crippen molar-refractivity contribution in [3.8, 4) is 5.75 Å². The molecule has 0 radical (unpaired) electrons. The summed E-state index contributed by atoms with van der Waals surface area (Å²) in [5, 5.41) is 10.4. The Bertz CT molecular complexity index is 961. The Kier molecular flexibility index (Phi) is 5.85. The minimum atomic E-state index is -3.42. The van der Waals surface area contributed by atoms with Crippen molar-refractivity contribution in [3.05, 3.63) is 40.2 Å². The van der Waals surface area contributed by atoms with Crippen molar-refractivity contribution in [2.24, 2.45) is 0 Å². The lowest BCUT2D eigenvalue weighted by molar-refractivity contribution is 0.175. The summed E-state index contributed by atoms with van der Waals surface area (Å²) in [6.07, 6.45) is 0. The van der Waals surface area contributed by atoms with Crippen molar-refractivity contribution in [3.63, 3.8) is 0 Å². The zero-order valence-corrected chi connectivity index (χ0v) is 16.4.